The molecule has 0 aromatic carbocycles. The fourth-order valence-electron chi connectivity index (χ4n) is 9.22. The maximum atomic E-state index is 17.5. The standard InChI is InChI=1S/C30H44FNO6/c1-17-12-21-20-9-8-18-13-19(34)10-11-27(18,6)30(20,31)22(35)14-28(21,7)29(17,23(36)15-33)16-25(2,3)26(4,5)32-24(37)38/h10-11,13,17,20-22,32-33,35H,8-9,12,14-16H2,1-7H3,(H,37,38)/t17-,20?,21?,22-,27-,28-,29-,30?/m0/s1. The van der Waals surface area contributed by atoms with Crippen LogP contribution in [0.4, 0.5) is 9.18 Å². The number of hydrogen-bond acceptors (Lipinski definition) is 5. The zero-order valence-electron chi connectivity index (χ0n) is 23.7. The fraction of sp³-hybridized carbons (Fsp3) is 0.767. The number of hydrogen-bond donors (Lipinski definition) is 4. The van der Waals surface area contributed by atoms with Gasteiger partial charge in [-0.1, -0.05) is 39.3 Å². The number of aliphatic hydroxyl groups is 2. The van der Waals surface area contributed by atoms with E-state index in [-0.39, 0.29) is 36.2 Å². The highest BCUT2D eigenvalue weighted by Crippen LogP contribution is 2.74. The molecule has 0 aromatic heterocycles. The Labute approximate surface area is 225 Å². The molecule has 0 aliphatic heterocycles. The van der Waals surface area contributed by atoms with E-state index in [0.717, 1.165) is 0 Å². The maximum absolute atomic E-state index is 17.5. The average Bonchev–Trinajstić information content (AvgIpc) is 3.00. The van der Waals surface area contributed by atoms with Crippen molar-refractivity contribution in [3.05, 3.63) is 23.8 Å². The van der Waals surface area contributed by atoms with Gasteiger partial charge in [-0.2, -0.15) is 0 Å². The van der Waals surface area contributed by atoms with Crippen LogP contribution in [0.3, 0.4) is 0 Å². The number of halogens is 1. The number of carboxylic acid groups (broad SMARTS) is 1. The van der Waals surface area contributed by atoms with Crippen LogP contribution in [-0.2, 0) is 9.59 Å². The summed E-state index contributed by atoms with van der Waals surface area (Å²) in [6, 6.07) is 0. The van der Waals surface area contributed by atoms with Gasteiger partial charge in [-0.3, -0.25) is 9.59 Å². The van der Waals surface area contributed by atoms with Gasteiger partial charge in [0.25, 0.3) is 0 Å². The molecule has 4 N–H and O–H groups in total. The number of nitrogens with one attached hydrogen (secondary N) is 1. The smallest absolute Gasteiger partial charge is 0.405 e. The van der Waals surface area contributed by atoms with Crippen LogP contribution in [0.15, 0.2) is 23.8 Å². The van der Waals surface area contributed by atoms with Gasteiger partial charge in [0, 0.05) is 22.3 Å². The van der Waals surface area contributed by atoms with Gasteiger partial charge in [0.05, 0.1) is 6.10 Å². The van der Waals surface area contributed by atoms with E-state index in [1.807, 2.05) is 27.7 Å². The van der Waals surface area contributed by atoms with Gasteiger partial charge in [-0.25, -0.2) is 9.18 Å². The highest BCUT2D eigenvalue weighted by Gasteiger charge is 2.76. The Hall–Kier alpha value is -2.06. The van der Waals surface area contributed by atoms with Crippen LogP contribution in [0.5, 0.6) is 0 Å². The minimum absolute atomic E-state index is 0.0360. The van der Waals surface area contributed by atoms with Gasteiger partial charge in [0.2, 0.25) is 0 Å². The third-order valence-corrected chi connectivity index (χ3v) is 12.0. The zero-order chi connectivity index (χ0) is 28.7. The summed E-state index contributed by atoms with van der Waals surface area (Å²) in [5.41, 5.74) is -5.97. The molecule has 0 radical (unpaired) electrons. The van der Waals surface area contributed by atoms with Crippen LogP contribution in [0.1, 0.15) is 80.6 Å². The normalized spacial score (nSPS) is 42.6. The quantitative estimate of drug-likeness (QED) is 0.395. The lowest BCUT2D eigenvalue weighted by Crippen LogP contribution is -2.68. The molecule has 0 bridgehead atoms. The van der Waals surface area contributed by atoms with Gasteiger partial charge < -0.3 is 20.6 Å². The summed E-state index contributed by atoms with van der Waals surface area (Å²) in [6.07, 6.45) is 3.85. The Bertz CT molecular complexity index is 1110. The number of carbonyl (C=O) groups excluding carboxylic acids is 2. The van der Waals surface area contributed by atoms with E-state index in [1.165, 1.54) is 12.2 Å². The summed E-state index contributed by atoms with van der Waals surface area (Å²) in [5, 5.41) is 34.0. The molecule has 212 valence electrons. The lowest BCUT2D eigenvalue weighted by atomic mass is 9.42. The number of allylic oxidation sites excluding steroid dienone is 4. The van der Waals surface area contributed by atoms with Crippen molar-refractivity contribution < 1.29 is 34.1 Å². The summed E-state index contributed by atoms with van der Waals surface area (Å²) in [6.45, 7) is 12.4. The van der Waals surface area contributed by atoms with Crippen molar-refractivity contribution >= 4 is 17.7 Å². The third-order valence-electron chi connectivity index (χ3n) is 12.0. The highest BCUT2D eigenvalue weighted by atomic mass is 19.1. The van der Waals surface area contributed by atoms with Crippen molar-refractivity contribution in [2.24, 2.45) is 39.4 Å². The minimum Gasteiger partial charge on any atom is -0.465 e. The topological polar surface area (TPSA) is 124 Å². The molecule has 4 rings (SSSR count). The molecule has 8 heteroatoms. The summed E-state index contributed by atoms with van der Waals surface area (Å²) >= 11 is 0. The van der Waals surface area contributed by atoms with Gasteiger partial charge in [0.15, 0.2) is 17.2 Å². The van der Waals surface area contributed by atoms with E-state index < -0.39 is 57.6 Å². The first-order valence-corrected chi connectivity index (χ1v) is 13.8. The lowest BCUT2D eigenvalue weighted by molar-refractivity contribution is -0.211. The maximum Gasteiger partial charge on any atom is 0.405 e. The van der Waals surface area contributed by atoms with E-state index in [0.29, 0.717) is 24.8 Å². The number of rotatable bonds is 6. The summed E-state index contributed by atoms with van der Waals surface area (Å²) in [5.74, 6) is -1.51. The fourth-order valence-corrected chi connectivity index (χ4v) is 9.22. The second kappa shape index (κ2) is 8.72. The van der Waals surface area contributed by atoms with Gasteiger partial charge in [-0.05, 0) is 87.7 Å². The average molecular weight is 534 g/mol. The first-order chi connectivity index (χ1) is 17.3. The minimum atomic E-state index is -2.00. The van der Waals surface area contributed by atoms with Crippen LogP contribution in [0.2, 0.25) is 0 Å². The molecule has 7 nitrogen and oxygen atoms in total. The SMILES string of the molecule is C[C@H]1CC2C3CCC4=CC(=O)C=C[C@]4(C)C3(F)[C@@H](O)C[C@]2(C)[C@]1(CC(C)(C)C(C)(C)NC(=O)O)C(=O)CO. The monoisotopic (exact) mass is 533 g/mol. The molecule has 3 fully saturated rings. The van der Waals surface area contributed by atoms with Crippen molar-refractivity contribution in [3.8, 4) is 0 Å². The molecule has 38 heavy (non-hydrogen) atoms. The van der Waals surface area contributed by atoms with Crippen molar-refractivity contribution in [2.45, 2.75) is 97.9 Å². The molecular formula is C30H44FNO6. The molecule has 0 spiro atoms. The lowest BCUT2D eigenvalue weighted by Gasteiger charge is -2.64. The van der Waals surface area contributed by atoms with Crippen LogP contribution in [0, 0.1) is 39.4 Å². The number of amides is 1. The first kappa shape index (κ1) is 28.9. The third kappa shape index (κ3) is 3.54. The molecular weight excluding hydrogens is 489 g/mol. The number of alkyl halides is 1. The van der Waals surface area contributed by atoms with Gasteiger partial charge >= 0.3 is 6.09 Å². The Kier molecular flexibility index (Phi) is 6.64. The van der Waals surface area contributed by atoms with E-state index in [4.69, 9.17) is 0 Å². The zero-order valence-corrected chi connectivity index (χ0v) is 23.7. The molecule has 0 heterocycles. The van der Waals surface area contributed by atoms with Crippen molar-refractivity contribution in [1.29, 1.82) is 0 Å². The summed E-state index contributed by atoms with van der Waals surface area (Å²) in [4.78, 5) is 37.6. The molecule has 0 saturated heterocycles. The molecule has 1 amide bonds. The van der Waals surface area contributed by atoms with Crippen LogP contribution in [0.25, 0.3) is 0 Å². The van der Waals surface area contributed by atoms with E-state index in [2.05, 4.69) is 5.32 Å². The Balaban J connectivity index is 1.84. The largest absolute Gasteiger partial charge is 0.465 e. The highest BCUT2D eigenvalue weighted by molar-refractivity contribution is 6.01. The summed E-state index contributed by atoms with van der Waals surface area (Å²) in [7, 11) is 0. The number of fused-ring (bicyclic) bond motifs is 5. The van der Waals surface area contributed by atoms with E-state index >= 15 is 4.39 Å². The first-order valence-electron chi connectivity index (χ1n) is 13.8. The van der Waals surface area contributed by atoms with Crippen LogP contribution >= 0.6 is 0 Å². The van der Waals surface area contributed by atoms with Crippen molar-refractivity contribution in [1.82, 2.24) is 5.32 Å². The van der Waals surface area contributed by atoms with Crippen molar-refractivity contribution in [2.75, 3.05) is 6.61 Å². The molecule has 3 unspecified atom stereocenters. The van der Waals surface area contributed by atoms with Gasteiger partial charge in [0.1, 0.15) is 6.61 Å². The van der Waals surface area contributed by atoms with E-state index in [1.54, 1.807) is 26.8 Å². The Morgan fingerprint density at radius 1 is 1.18 bits per heavy atom. The molecule has 3 saturated carbocycles. The second-order valence-corrected chi connectivity index (χ2v) is 14.1. The van der Waals surface area contributed by atoms with E-state index in [9.17, 15) is 29.7 Å². The number of carbonyl (C=O) groups is 3. The second-order valence-electron chi connectivity index (χ2n) is 14.1. The predicted molar refractivity (Wildman–Crippen MR) is 141 cm³/mol. The Morgan fingerprint density at radius 3 is 2.39 bits per heavy atom. The number of aliphatic hydroxyl groups excluding tert-OH is 2. The van der Waals surface area contributed by atoms with Gasteiger partial charge in [-0.15, -0.1) is 0 Å². The molecule has 8 atom stereocenters. The number of Topliss-reactive ketones (excluding diaryl/α,β-unsaturated/α-hetero) is 1. The number of ketones is 2. The molecule has 0 aromatic rings. The predicted octanol–water partition coefficient (Wildman–Crippen LogP) is 4.61. The molecule has 4 aliphatic carbocycles. The summed E-state index contributed by atoms with van der Waals surface area (Å²) < 4.78 is 17.5. The Morgan fingerprint density at radius 2 is 1.82 bits per heavy atom. The molecule has 4 aliphatic rings. The van der Waals surface area contributed by atoms with Crippen LogP contribution in [-0.4, -0.2) is 56.9 Å². The van der Waals surface area contributed by atoms with Crippen molar-refractivity contribution in [3.63, 3.8) is 0 Å². The van der Waals surface area contributed by atoms with Crippen LogP contribution < -0.4 is 5.32 Å².